The van der Waals surface area contributed by atoms with Crippen molar-refractivity contribution in [2.24, 2.45) is 5.92 Å². The Morgan fingerprint density at radius 2 is 2.09 bits per heavy atom. The van der Waals surface area contributed by atoms with E-state index in [-0.39, 0.29) is 17.5 Å². The lowest BCUT2D eigenvalue weighted by molar-refractivity contribution is -0.385. The molecule has 0 radical (unpaired) electrons. The van der Waals surface area contributed by atoms with Crippen LogP contribution in [-0.2, 0) is 4.79 Å². The van der Waals surface area contributed by atoms with Crippen LogP contribution in [0.4, 0.5) is 11.5 Å². The molecule has 0 bridgehead atoms. The van der Waals surface area contributed by atoms with Crippen LogP contribution in [0.1, 0.15) is 12.8 Å². The van der Waals surface area contributed by atoms with Crippen LogP contribution in [0.15, 0.2) is 18.3 Å². The van der Waals surface area contributed by atoms with Gasteiger partial charge in [0.05, 0.1) is 10.8 Å². The van der Waals surface area contributed by atoms with Crippen molar-refractivity contribution in [2.75, 3.05) is 42.6 Å². The molecule has 0 unspecified atom stereocenters. The number of carbonyl (C=O) groups excluding carboxylic acids is 1. The summed E-state index contributed by atoms with van der Waals surface area (Å²) in [4.78, 5) is 31.1. The Morgan fingerprint density at radius 1 is 1.30 bits per heavy atom. The normalized spacial score (nSPS) is 22.0. The molecule has 23 heavy (non-hydrogen) atoms. The first-order chi connectivity index (χ1) is 11.1. The Labute approximate surface area is 139 Å². The van der Waals surface area contributed by atoms with Crippen LogP contribution in [0.25, 0.3) is 0 Å². The summed E-state index contributed by atoms with van der Waals surface area (Å²) in [5.74, 6) is 3.00. The van der Waals surface area contributed by atoms with E-state index in [1.165, 1.54) is 12.3 Å². The van der Waals surface area contributed by atoms with E-state index in [2.05, 4.69) is 9.88 Å². The molecule has 3 heterocycles. The number of nitro groups is 1. The Bertz CT molecular complexity index is 575. The van der Waals surface area contributed by atoms with E-state index in [1.807, 2.05) is 16.7 Å². The largest absolute Gasteiger partial charge is 0.356 e. The van der Waals surface area contributed by atoms with Gasteiger partial charge in [-0.15, -0.1) is 0 Å². The minimum absolute atomic E-state index is 0.00356. The Balaban J connectivity index is 1.65. The highest BCUT2D eigenvalue weighted by atomic mass is 32.2. The number of hydrogen-bond donors (Lipinski definition) is 0. The summed E-state index contributed by atoms with van der Waals surface area (Å²) in [5, 5.41) is 10.7. The first-order valence-electron chi connectivity index (χ1n) is 7.87. The lowest BCUT2D eigenvalue weighted by Gasteiger charge is -2.36. The highest BCUT2D eigenvalue weighted by molar-refractivity contribution is 7.99. The molecular formula is C15H20N4O3S. The van der Waals surface area contributed by atoms with Gasteiger partial charge in [0.15, 0.2) is 0 Å². The predicted molar refractivity (Wildman–Crippen MR) is 89.7 cm³/mol. The zero-order chi connectivity index (χ0) is 16.2. The minimum atomic E-state index is -0.451. The smallest absolute Gasteiger partial charge is 0.287 e. The van der Waals surface area contributed by atoms with Crippen LogP contribution in [0.5, 0.6) is 0 Å². The van der Waals surface area contributed by atoms with Crippen LogP contribution >= 0.6 is 11.8 Å². The second-order valence-electron chi connectivity index (χ2n) is 5.85. The van der Waals surface area contributed by atoms with Gasteiger partial charge in [-0.2, -0.15) is 11.8 Å². The minimum Gasteiger partial charge on any atom is -0.356 e. The summed E-state index contributed by atoms with van der Waals surface area (Å²) >= 11 is 1.89. The molecule has 124 valence electrons. The molecule has 2 aliphatic rings. The molecule has 0 aliphatic carbocycles. The van der Waals surface area contributed by atoms with E-state index in [0.29, 0.717) is 12.4 Å². The zero-order valence-electron chi connectivity index (χ0n) is 12.9. The third-order valence-electron chi connectivity index (χ3n) is 4.36. The number of hydrogen-bond acceptors (Lipinski definition) is 6. The number of piperidine rings is 1. The van der Waals surface area contributed by atoms with Gasteiger partial charge in [-0.25, -0.2) is 4.98 Å². The van der Waals surface area contributed by atoms with Crippen LogP contribution in [0.3, 0.4) is 0 Å². The highest BCUT2D eigenvalue weighted by Gasteiger charge is 2.30. The fourth-order valence-electron chi connectivity index (χ4n) is 3.10. The lowest BCUT2D eigenvalue weighted by Crippen LogP contribution is -2.47. The zero-order valence-corrected chi connectivity index (χ0v) is 13.7. The maximum atomic E-state index is 12.7. The molecule has 0 spiro atoms. The molecule has 2 aliphatic heterocycles. The number of anilines is 1. The summed E-state index contributed by atoms with van der Waals surface area (Å²) in [6, 6.07) is 3.14. The fourth-order valence-corrected chi connectivity index (χ4v) is 4.01. The van der Waals surface area contributed by atoms with Crippen molar-refractivity contribution in [3.05, 3.63) is 28.4 Å². The van der Waals surface area contributed by atoms with Crippen LogP contribution in [0.2, 0.25) is 0 Å². The number of nitrogens with zero attached hydrogens (tertiary/aromatic N) is 4. The topological polar surface area (TPSA) is 79.6 Å². The summed E-state index contributed by atoms with van der Waals surface area (Å²) < 4.78 is 0. The van der Waals surface area contributed by atoms with Crippen molar-refractivity contribution in [3.63, 3.8) is 0 Å². The van der Waals surface area contributed by atoms with Crippen molar-refractivity contribution in [3.8, 4) is 0 Å². The average molecular weight is 336 g/mol. The van der Waals surface area contributed by atoms with Crippen LogP contribution in [0, 0.1) is 16.0 Å². The fraction of sp³-hybridized carbons (Fsp3) is 0.600. The monoisotopic (exact) mass is 336 g/mol. The maximum Gasteiger partial charge on any atom is 0.287 e. The number of amides is 1. The SMILES string of the molecule is O=C([C@H]1CCCN(c2ccc([N+](=O)[O-])cn2)C1)N1CCSCC1. The highest BCUT2D eigenvalue weighted by Crippen LogP contribution is 2.25. The van der Waals surface area contributed by atoms with Gasteiger partial charge in [0.25, 0.3) is 5.69 Å². The second kappa shape index (κ2) is 7.16. The van der Waals surface area contributed by atoms with E-state index in [1.54, 1.807) is 6.07 Å². The predicted octanol–water partition coefficient (Wildman–Crippen LogP) is 1.78. The second-order valence-corrected chi connectivity index (χ2v) is 7.08. The number of carbonyl (C=O) groups is 1. The molecule has 0 N–H and O–H groups in total. The van der Waals surface area contributed by atoms with Gasteiger partial charge < -0.3 is 9.80 Å². The van der Waals surface area contributed by atoms with Crippen molar-refractivity contribution in [2.45, 2.75) is 12.8 Å². The Kier molecular flexibility index (Phi) is 5.00. The van der Waals surface area contributed by atoms with Gasteiger partial charge in [0.2, 0.25) is 5.91 Å². The summed E-state index contributed by atoms with van der Waals surface area (Å²) in [5.41, 5.74) is -0.01000. The van der Waals surface area contributed by atoms with E-state index >= 15 is 0 Å². The van der Waals surface area contributed by atoms with E-state index in [9.17, 15) is 14.9 Å². The molecule has 3 rings (SSSR count). The Morgan fingerprint density at radius 3 is 2.74 bits per heavy atom. The molecule has 0 saturated carbocycles. The average Bonchev–Trinajstić information content (AvgIpc) is 2.62. The molecule has 0 aromatic carbocycles. The van der Waals surface area contributed by atoms with Gasteiger partial charge in [-0.05, 0) is 18.9 Å². The molecule has 7 nitrogen and oxygen atoms in total. The third-order valence-corrected chi connectivity index (χ3v) is 5.30. The van der Waals surface area contributed by atoms with Crippen molar-refractivity contribution in [1.29, 1.82) is 0 Å². The molecule has 1 aromatic heterocycles. The first kappa shape index (κ1) is 16.0. The molecule has 1 aromatic rings. The first-order valence-corrected chi connectivity index (χ1v) is 9.02. The molecular weight excluding hydrogens is 316 g/mol. The summed E-state index contributed by atoms with van der Waals surface area (Å²) in [6.07, 6.45) is 3.13. The lowest BCUT2D eigenvalue weighted by atomic mass is 9.96. The van der Waals surface area contributed by atoms with Gasteiger partial charge in [-0.1, -0.05) is 0 Å². The molecule has 8 heteroatoms. The Hall–Kier alpha value is -1.83. The van der Waals surface area contributed by atoms with Crippen LogP contribution in [-0.4, -0.2) is 58.4 Å². The number of aromatic nitrogens is 1. The molecule has 2 fully saturated rings. The van der Waals surface area contributed by atoms with Crippen LogP contribution < -0.4 is 4.90 Å². The molecule has 2 saturated heterocycles. The maximum absolute atomic E-state index is 12.7. The van der Waals surface area contributed by atoms with Crippen molar-refractivity contribution >= 4 is 29.2 Å². The van der Waals surface area contributed by atoms with Gasteiger partial charge >= 0.3 is 0 Å². The van der Waals surface area contributed by atoms with E-state index in [0.717, 1.165) is 44.0 Å². The number of thioether (sulfide) groups is 1. The van der Waals surface area contributed by atoms with Gasteiger partial charge in [0, 0.05) is 43.8 Å². The standard InChI is InChI=1S/C15H20N4O3S/c20-15(17-6-8-23-9-7-17)12-2-1-5-18(11-12)14-4-3-13(10-16-14)19(21)22/h3-4,10,12H,1-2,5-9,11H2/t12-/m0/s1. The summed E-state index contributed by atoms with van der Waals surface area (Å²) in [7, 11) is 0. The quantitative estimate of drug-likeness (QED) is 0.618. The third kappa shape index (κ3) is 3.74. The molecule has 1 atom stereocenters. The summed E-state index contributed by atoms with van der Waals surface area (Å²) in [6.45, 7) is 3.17. The van der Waals surface area contributed by atoms with E-state index < -0.39 is 4.92 Å². The van der Waals surface area contributed by atoms with Gasteiger partial charge in [0.1, 0.15) is 12.0 Å². The van der Waals surface area contributed by atoms with Gasteiger partial charge in [-0.3, -0.25) is 14.9 Å². The van der Waals surface area contributed by atoms with Crippen molar-refractivity contribution in [1.82, 2.24) is 9.88 Å². The number of rotatable bonds is 3. The van der Waals surface area contributed by atoms with Crippen molar-refractivity contribution < 1.29 is 9.72 Å². The van der Waals surface area contributed by atoms with E-state index in [4.69, 9.17) is 0 Å². The molecule has 1 amide bonds. The number of pyridine rings is 1.